The summed E-state index contributed by atoms with van der Waals surface area (Å²) >= 11 is 0. The van der Waals surface area contributed by atoms with Gasteiger partial charge in [0.05, 0.1) is 13.2 Å². The van der Waals surface area contributed by atoms with Gasteiger partial charge in [0.15, 0.2) is 0 Å². The van der Waals surface area contributed by atoms with E-state index in [9.17, 15) is 9.90 Å². The van der Waals surface area contributed by atoms with Crippen molar-refractivity contribution >= 4 is 5.97 Å². The predicted molar refractivity (Wildman–Crippen MR) is 59.5 cm³/mol. The van der Waals surface area contributed by atoms with E-state index in [1.165, 1.54) is 7.11 Å². The van der Waals surface area contributed by atoms with Crippen LogP contribution in [0.15, 0.2) is 12.2 Å². The van der Waals surface area contributed by atoms with E-state index in [4.69, 9.17) is 0 Å². The van der Waals surface area contributed by atoms with E-state index < -0.39 is 18.1 Å². The van der Waals surface area contributed by atoms with Gasteiger partial charge in [-0.05, 0) is 26.3 Å². The fourth-order valence-electron chi connectivity index (χ4n) is 1.37. The summed E-state index contributed by atoms with van der Waals surface area (Å²) in [6.07, 6.45) is 3.90. The number of ether oxygens (including phenoxy) is 1. The number of nitrogens with one attached hydrogen (secondary N) is 1. The Morgan fingerprint density at radius 1 is 1.60 bits per heavy atom. The number of carbonyl (C=O) groups excluding carboxylic acids is 1. The average Bonchev–Trinajstić information content (AvgIpc) is 2.26. The lowest BCUT2D eigenvalue weighted by Gasteiger charge is -2.24. The van der Waals surface area contributed by atoms with E-state index in [2.05, 4.69) is 10.1 Å². The molecule has 0 aliphatic carbocycles. The van der Waals surface area contributed by atoms with Gasteiger partial charge in [-0.1, -0.05) is 19.1 Å². The van der Waals surface area contributed by atoms with Gasteiger partial charge in [0.1, 0.15) is 6.04 Å². The molecule has 0 aromatic rings. The zero-order valence-electron chi connectivity index (χ0n) is 9.86. The van der Waals surface area contributed by atoms with E-state index in [-0.39, 0.29) is 5.92 Å². The molecule has 0 spiro atoms. The first-order chi connectivity index (χ1) is 7.08. The molecule has 3 atom stereocenters. The molecule has 0 rings (SSSR count). The molecule has 88 valence electrons. The SMILES string of the molecule is C/C=C/C[C@@H](C)[C@@H](O)[C@H](NC)C(=O)OC. The molecule has 0 aliphatic heterocycles. The fourth-order valence-corrected chi connectivity index (χ4v) is 1.37. The maximum atomic E-state index is 11.3. The minimum absolute atomic E-state index is 0.0118. The third kappa shape index (κ3) is 4.44. The number of allylic oxidation sites excluding steroid dienone is 2. The largest absolute Gasteiger partial charge is 0.468 e. The van der Waals surface area contributed by atoms with Gasteiger partial charge in [-0.25, -0.2) is 0 Å². The first kappa shape index (κ1) is 14.1. The normalized spacial score (nSPS) is 17.4. The van der Waals surface area contributed by atoms with Crippen molar-refractivity contribution < 1.29 is 14.6 Å². The number of likely N-dealkylation sites (N-methyl/N-ethyl adjacent to an activating group) is 1. The molecule has 0 aliphatic rings. The van der Waals surface area contributed by atoms with Gasteiger partial charge in [-0.2, -0.15) is 0 Å². The van der Waals surface area contributed by atoms with Gasteiger partial charge in [-0.3, -0.25) is 4.79 Å². The minimum atomic E-state index is -0.737. The lowest BCUT2D eigenvalue weighted by atomic mass is 9.94. The molecule has 15 heavy (non-hydrogen) atoms. The molecule has 0 fully saturated rings. The Balaban J connectivity index is 4.36. The Kier molecular flexibility index (Phi) is 6.99. The zero-order chi connectivity index (χ0) is 11.8. The third-order valence-corrected chi connectivity index (χ3v) is 2.43. The van der Waals surface area contributed by atoms with Crippen LogP contribution < -0.4 is 5.32 Å². The van der Waals surface area contributed by atoms with Gasteiger partial charge >= 0.3 is 5.97 Å². The van der Waals surface area contributed by atoms with E-state index in [0.717, 1.165) is 6.42 Å². The summed E-state index contributed by atoms with van der Waals surface area (Å²) in [5.41, 5.74) is 0. The van der Waals surface area contributed by atoms with Gasteiger partial charge in [-0.15, -0.1) is 0 Å². The molecule has 0 aromatic carbocycles. The molecule has 0 saturated carbocycles. The molecular weight excluding hydrogens is 194 g/mol. The molecule has 4 nitrogen and oxygen atoms in total. The van der Waals surface area contributed by atoms with Crippen molar-refractivity contribution in [3.05, 3.63) is 12.2 Å². The van der Waals surface area contributed by atoms with E-state index in [0.29, 0.717) is 0 Å². The predicted octanol–water partition coefficient (Wildman–Crippen LogP) is 0.711. The van der Waals surface area contributed by atoms with Crippen molar-refractivity contribution in [3.8, 4) is 0 Å². The number of rotatable bonds is 6. The van der Waals surface area contributed by atoms with Crippen LogP contribution >= 0.6 is 0 Å². The number of esters is 1. The van der Waals surface area contributed by atoms with Crippen LogP contribution in [0.4, 0.5) is 0 Å². The first-order valence-corrected chi connectivity index (χ1v) is 5.12. The number of aliphatic hydroxyl groups is 1. The summed E-state index contributed by atoms with van der Waals surface area (Å²) < 4.78 is 4.60. The Bertz CT molecular complexity index is 216. The monoisotopic (exact) mass is 215 g/mol. The summed E-state index contributed by atoms with van der Waals surface area (Å²) in [5, 5.41) is 12.7. The maximum absolute atomic E-state index is 11.3. The lowest BCUT2D eigenvalue weighted by Crippen LogP contribution is -2.47. The highest BCUT2D eigenvalue weighted by atomic mass is 16.5. The second-order valence-corrected chi connectivity index (χ2v) is 3.56. The van der Waals surface area contributed by atoms with Crippen LogP contribution in [0.3, 0.4) is 0 Å². The summed E-state index contributed by atoms with van der Waals surface area (Å²) in [6.45, 7) is 3.83. The summed E-state index contributed by atoms with van der Waals surface area (Å²) in [4.78, 5) is 11.3. The highest BCUT2D eigenvalue weighted by molar-refractivity contribution is 5.76. The Hall–Kier alpha value is -0.870. The van der Waals surface area contributed by atoms with Crippen LogP contribution in [0, 0.1) is 5.92 Å². The second kappa shape index (κ2) is 7.43. The Morgan fingerprint density at radius 3 is 2.60 bits per heavy atom. The molecular formula is C11H21NO3. The topological polar surface area (TPSA) is 58.6 Å². The third-order valence-electron chi connectivity index (χ3n) is 2.43. The molecule has 4 heteroatoms. The molecule has 2 N–H and O–H groups in total. The number of methoxy groups -OCH3 is 1. The Labute approximate surface area is 91.3 Å². The van der Waals surface area contributed by atoms with Crippen molar-refractivity contribution in [1.82, 2.24) is 5.32 Å². The first-order valence-electron chi connectivity index (χ1n) is 5.12. The molecule has 0 radical (unpaired) electrons. The van der Waals surface area contributed by atoms with Gasteiger partial charge in [0.2, 0.25) is 0 Å². The second-order valence-electron chi connectivity index (χ2n) is 3.56. The maximum Gasteiger partial charge on any atom is 0.325 e. The average molecular weight is 215 g/mol. The van der Waals surface area contributed by atoms with Crippen LogP contribution in [-0.4, -0.2) is 37.4 Å². The van der Waals surface area contributed by atoms with Crippen LogP contribution in [0.1, 0.15) is 20.3 Å². The van der Waals surface area contributed by atoms with Gasteiger partial charge < -0.3 is 15.2 Å². The van der Waals surface area contributed by atoms with Crippen LogP contribution in [0.5, 0.6) is 0 Å². The fraction of sp³-hybridized carbons (Fsp3) is 0.727. The molecule has 0 heterocycles. The highest BCUT2D eigenvalue weighted by Crippen LogP contribution is 2.13. The Morgan fingerprint density at radius 2 is 2.20 bits per heavy atom. The number of hydrogen-bond acceptors (Lipinski definition) is 4. The highest BCUT2D eigenvalue weighted by Gasteiger charge is 2.29. The molecule has 0 unspecified atom stereocenters. The number of carbonyl (C=O) groups is 1. The summed E-state index contributed by atoms with van der Waals surface area (Å²) in [5.74, 6) is -0.421. The lowest BCUT2D eigenvalue weighted by molar-refractivity contribution is -0.147. The van der Waals surface area contributed by atoms with Crippen LogP contribution in [0.2, 0.25) is 0 Å². The van der Waals surface area contributed by atoms with Crippen molar-refractivity contribution in [1.29, 1.82) is 0 Å². The summed E-state index contributed by atoms with van der Waals surface area (Å²) in [6, 6.07) is -0.657. The van der Waals surface area contributed by atoms with Crippen molar-refractivity contribution in [3.63, 3.8) is 0 Å². The standard InChI is InChI=1S/C11H21NO3/c1-5-6-7-8(2)10(13)9(12-3)11(14)15-4/h5-6,8-10,12-13H,7H2,1-4H3/b6-5+/t8-,9+,10-/m1/s1. The smallest absolute Gasteiger partial charge is 0.325 e. The van der Waals surface area contributed by atoms with Gasteiger partial charge in [0, 0.05) is 0 Å². The van der Waals surface area contributed by atoms with E-state index in [1.807, 2.05) is 26.0 Å². The minimum Gasteiger partial charge on any atom is -0.468 e. The van der Waals surface area contributed by atoms with Crippen molar-refractivity contribution in [2.75, 3.05) is 14.2 Å². The van der Waals surface area contributed by atoms with Crippen molar-refractivity contribution in [2.24, 2.45) is 5.92 Å². The molecule has 0 saturated heterocycles. The van der Waals surface area contributed by atoms with Crippen LogP contribution in [-0.2, 0) is 9.53 Å². The molecule has 0 aromatic heterocycles. The van der Waals surface area contributed by atoms with E-state index in [1.54, 1.807) is 7.05 Å². The molecule has 0 amide bonds. The van der Waals surface area contributed by atoms with E-state index >= 15 is 0 Å². The van der Waals surface area contributed by atoms with Gasteiger partial charge in [0.25, 0.3) is 0 Å². The molecule has 0 bridgehead atoms. The van der Waals surface area contributed by atoms with Crippen LogP contribution in [0.25, 0.3) is 0 Å². The summed E-state index contributed by atoms with van der Waals surface area (Å²) in [7, 11) is 2.95. The van der Waals surface area contributed by atoms with Crippen molar-refractivity contribution in [2.45, 2.75) is 32.4 Å². The number of aliphatic hydroxyl groups excluding tert-OH is 1. The number of hydrogen-bond donors (Lipinski definition) is 2. The quantitative estimate of drug-likeness (QED) is 0.506. The zero-order valence-corrected chi connectivity index (χ0v) is 9.86.